The summed E-state index contributed by atoms with van der Waals surface area (Å²) in [4.78, 5) is 32.8. The Balaban J connectivity index is 1.45. The third-order valence-corrected chi connectivity index (χ3v) is 6.50. The van der Waals surface area contributed by atoms with Crippen LogP contribution in [0.1, 0.15) is 29.5 Å². The number of benzene rings is 3. The number of likely N-dealkylation sites (N-methyl/N-ethyl adjacent to an activating group) is 1. The smallest absolute Gasteiger partial charge is 0.251 e. The van der Waals surface area contributed by atoms with Crippen LogP contribution in [0.5, 0.6) is 17.2 Å². The second kappa shape index (κ2) is 12.8. The fourth-order valence-corrected chi connectivity index (χ4v) is 4.59. The van der Waals surface area contributed by atoms with Gasteiger partial charge in [0.2, 0.25) is 11.7 Å². The first-order valence-corrected chi connectivity index (χ1v) is 12.9. The Bertz CT molecular complexity index is 1410. The van der Waals surface area contributed by atoms with Crippen LogP contribution in [0.2, 0.25) is 0 Å². The van der Waals surface area contributed by atoms with Gasteiger partial charge in [0.25, 0.3) is 5.91 Å². The Morgan fingerprint density at radius 2 is 1.59 bits per heavy atom. The molecule has 39 heavy (non-hydrogen) atoms. The first kappa shape index (κ1) is 27.5. The zero-order chi connectivity index (χ0) is 27.8. The van der Waals surface area contributed by atoms with Gasteiger partial charge in [-0.25, -0.2) is 4.98 Å². The maximum Gasteiger partial charge on any atom is 0.251 e. The number of hydrogen-bond acceptors (Lipinski definition) is 6. The van der Waals surface area contributed by atoms with E-state index in [1.807, 2.05) is 66.1 Å². The molecule has 0 spiro atoms. The van der Waals surface area contributed by atoms with Crippen LogP contribution < -0.4 is 24.4 Å². The minimum absolute atomic E-state index is 0.0104. The molecule has 9 heteroatoms. The topological polar surface area (TPSA) is 94.9 Å². The summed E-state index contributed by atoms with van der Waals surface area (Å²) in [7, 11) is 4.53. The number of fused-ring (bicyclic) bond motifs is 1. The van der Waals surface area contributed by atoms with E-state index >= 15 is 0 Å². The predicted octanol–water partition coefficient (Wildman–Crippen LogP) is 4.48. The molecule has 3 aromatic carbocycles. The number of para-hydroxylation sites is 3. The summed E-state index contributed by atoms with van der Waals surface area (Å²) in [5.74, 6) is 1.80. The lowest BCUT2D eigenvalue weighted by molar-refractivity contribution is -0.119. The molecule has 1 N–H and O–H groups in total. The van der Waals surface area contributed by atoms with Crippen LogP contribution in [-0.2, 0) is 17.8 Å². The normalized spacial score (nSPS) is 10.8. The highest BCUT2D eigenvalue weighted by Crippen LogP contribution is 2.38. The summed E-state index contributed by atoms with van der Waals surface area (Å²) in [6.07, 6.45) is 1.23. The van der Waals surface area contributed by atoms with Crippen molar-refractivity contribution >= 4 is 28.5 Å². The van der Waals surface area contributed by atoms with Gasteiger partial charge in [-0.3, -0.25) is 9.59 Å². The average molecular weight is 531 g/mol. The van der Waals surface area contributed by atoms with E-state index in [9.17, 15) is 9.59 Å². The highest BCUT2D eigenvalue weighted by Gasteiger charge is 2.19. The Hall–Kier alpha value is -4.53. The van der Waals surface area contributed by atoms with Gasteiger partial charge in [-0.05, 0) is 49.7 Å². The molecule has 1 aromatic heterocycles. The number of amides is 2. The summed E-state index contributed by atoms with van der Waals surface area (Å²) >= 11 is 0. The molecule has 204 valence electrons. The zero-order valence-corrected chi connectivity index (χ0v) is 22.8. The van der Waals surface area contributed by atoms with Crippen molar-refractivity contribution in [2.24, 2.45) is 0 Å². The molecule has 0 atom stereocenters. The van der Waals surface area contributed by atoms with Crippen LogP contribution in [-0.4, -0.2) is 55.8 Å². The van der Waals surface area contributed by atoms with E-state index < -0.39 is 0 Å². The van der Waals surface area contributed by atoms with Gasteiger partial charge in [0, 0.05) is 30.8 Å². The van der Waals surface area contributed by atoms with Crippen LogP contribution in [0.25, 0.3) is 11.0 Å². The standard InChI is InChI=1S/C30H34N4O5/c1-5-33(22-12-7-6-8-13-22)28(35)20-34-24-15-10-9-14-23(24)32-27(34)16-11-17-31-30(36)21-18-25(37-2)29(39-4)26(19-21)38-3/h6-10,12-15,18-19H,5,11,16-17,20H2,1-4H3,(H,31,36). The van der Waals surface area contributed by atoms with Gasteiger partial charge in [0.15, 0.2) is 11.5 Å². The van der Waals surface area contributed by atoms with Crippen LogP contribution >= 0.6 is 0 Å². The van der Waals surface area contributed by atoms with E-state index in [0.717, 1.165) is 22.5 Å². The minimum Gasteiger partial charge on any atom is -0.493 e. The van der Waals surface area contributed by atoms with Crippen molar-refractivity contribution in [2.45, 2.75) is 26.3 Å². The molecule has 0 saturated heterocycles. The number of rotatable bonds is 12. The van der Waals surface area contributed by atoms with Gasteiger partial charge in [0.1, 0.15) is 12.4 Å². The van der Waals surface area contributed by atoms with E-state index in [4.69, 9.17) is 19.2 Å². The van der Waals surface area contributed by atoms with Crippen molar-refractivity contribution in [3.63, 3.8) is 0 Å². The highest BCUT2D eigenvalue weighted by atomic mass is 16.5. The molecule has 0 aliphatic heterocycles. The highest BCUT2D eigenvalue weighted by molar-refractivity contribution is 5.96. The lowest BCUT2D eigenvalue weighted by Gasteiger charge is -2.22. The van der Waals surface area contributed by atoms with E-state index in [1.165, 1.54) is 21.3 Å². The fourth-order valence-electron chi connectivity index (χ4n) is 4.59. The van der Waals surface area contributed by atoms with Crippen LogP contribution in [0.4, 0.5) is 5.69 Å². The SMILES string of the molecule is CCN(C(=O)Cn1c(CCCNC(=O)c2cc(OC)c(OC)c(OC)c2)nc2ccccc21)c1ccccc1. The summed E-state index contributed by atoms with van der Waals surface area (Å²) in [6.45, 7) is 3.14. The molecule has 2 amide bonds. The number of hydrogen-bond donors (Lipinski definition) is 1. The first-order valence-electron chi connectivity index (χ1n) is 12.9. The third-order valence-electron chi connectivity index (χ3n) is 6.50. The molecule has 4 aromatic rings. The van der Waals surface area contributed by atoms with Crippen molar-refractivity contribution in [2.75, 3.05) is 39.3 Å². The number of aromatic nitrogens is 2. The molecule has 0 unspecified atom stereocenters. The van der Waals surface area contributed by atoms with Gasteiger partial charge >= 0.3 is 0 Å². The molecular formula is C30H34N4O5. The molecule has 0 saturated carbocycles. The molecule has 0 aliphatic carbocycles. The molecule has 4 rings (SSSR count). The van der Waals surface area contributed by atoms with Crippen LogP contribution in [0.3, 0.4) is 0 Å². The van der Waals surface area contributed by atoms with Crippen LogP contribution in [0.15, 0.2) is 66.7 Å². The number of aryl methyl sites for hydroxylation is 1. The Morgan fingerprint density at radius 3 is 2.23 bits per heavy atom. The van der Waals surface area contributed by atoms with Crippen molar-refractivity contribution < 1.29 is 23.8 Å². The molecule has 0 fully saturated rings. The maximum absolute atomic E-state index is 13.4. The monoisotopic (exact) mass is 530 g/mol. The van der Waals surface area contributed by atoms with E-state index in [1.54, 1.807) is 17.0 Å². The quantitative estimate of drug-likeness (QED) is 0.272. The third kappa shape index (κ3) is 6.14. The van der Waals surface area contributed by atoms with E-state index in [0.29, 0.717) is 48.7 Å². The Morgan fingerprint density at radius 1 is 0.923 bits per heavy atom. The van der Waals surface area contributed by atoms with Gasteiger partial charge in [0.05, 0.1) is 32.4 Å². The molecule has 1 heterocycles. The summed E-state index contributed by atoms with van der Waals surface area (Å²) < 4.78 is 18.0. The Kier molecular flexibility index (Phi) is 9.04. The predicted molar refractivity (Wildman–Crippen MR) is 151 cm³/mol. The molecule has 0 radical (unpaired) electrons. The lowest BCUT2D eigenvalue weighted by Crippen LogP contribution is -2.34. The number of ether oxygens (including phenoxy) is 3. The Labute approximate surface area is 228 Å². The summed E-state index contributed by atoms with van der Waals surface area (Å²) in [6, 6.07) is 20.7. The van der Waals surface area contributed by atoms with Crippen molar-refractivity contribution in [1.82, 2.24) is 14.9 Å². The van der Waals surface area contributed by atoms with Gasteiger partial charge in [-0.2, -0.15) is 0 Å². The summed E-state index contributed by atoms with van der Waals surface area (Å²) in [5.41, 5.74) is 3.02. The second-order valence-electron chi connectivity index (χ2n) is 8.85. The second-order valence-corrected chi connectivity index (χ2v) is 8.85. The van der Waals surface area contributed by atoms with E-state index in [-0.39, 0.29) is 18.4 Å². The molecule has 0 bridgehead atoms. The minimum atomic E-state index is -0.251. The lowest BCUT2D eigenvalue weighted by atomic mass is 10.1. The molecule has 0 aliphatic rings. The number of methoxy groups -OCH3 is 3. The largest absolute Gasteiger partial charge is 0.493 e. The number of nitrogens with one attached hydrogen (secondary N) is 1. The number of anilines is 1. The van der Waals surface area contributed by atoms with Gasteiger partial charge in [-0.15, -0.1) is 0 Å². The fraction of sp³-hybridized carbons (Fsp3) is 0.300. The van der Waals surface area contributed by atoms with Gasteiger partial charge in [-0.1, -0.05) is 30.3 Å². The van der Waals surface area contributed by atoms with Gasteiger partial charge < -0.3 is 29.0 Å². The molecule has 9 nitrogen and oxygen atoms in total. The first-order chi connectivity index (χ1) is 19.0. The number of imidazole rings is 1. The number of nitrogens with zero attached hydrogens (tertiary/aromatic N) is 3. The van der Waals surface area contributed by atoms with Crippen molar-refractivity contribution in [3.8, 4) is 17.2 Å². The number of carbonyl (C=O) groups excluding carboxylic acids is 2. The van der Waals surface area contributed by atoms with Crippen molar-refractivity contribution in [1.29, 1.82) is 0 Å². The average Bonchev–Trinajstić information content (AvgIpc) is 3.32. The molecular weight excluding hydrogens is 496 g/mol. The summed E-state index contributed by atoms with van der Waals surface area (Å²) in [5, 5.41) is 2.95. The van der Waals surface area contributed by atoms with E-state index in [2.05, 4.69) is 5.32 Å². The van der Waals surface area contributed by atoms with Crippen LogP contribution in [0, 0.1) is 0 Å². The zero-order valence-electron chi connectivity index (χ0n) is 22.8. The number of carbonyl (C=O) groups is 2. The maximum atomic E-state index is 13.4. The van der Waals surface area contributed by atoms with Crippen molar-refractivity contribution in [3.05, 3.63) is 78.1 Å².